The molecule has 0 aliphatic carbocycles. The van der Waals surface area contributed by atoms with Crippen LogP contribution in [0.1, 0.15) is 20.8 Å². The molecule has 0 saturated carbocycles. The molecular weight excluding hydrogens is 398 g/mol. The predicted octanol–water partition coefficient (Wildman–Crippen LogP) is 2.09. The van der Waals surface area contributed by atoms with Gasteiger partial charge in [-0.25, -0.2) is 4.98 Å². The number of anilines is 1. The van der Waals surface area contributed by atoms with Gasteiger partial charge in [-0.15, -0.1) is 0 Å². The van der Waals surface area contributed by atoms with Crippen LogP contribution in [-0.4, -0.2) is 62.1 Å². The summed E-state index contributed by atoms with van der Waals surface area (Å²) in [5.41, 5.74) is 1.98. The van der Waals surface area contributed by atoms with Crippen molar-refractivity contribution in [3.05, 3.63) is 60.2 Å². The van der Waals surface area contributed by atoms with Gasteiger partial charge in [-0.1, -0.05) is 12.1 Å². The average molecular weight is 419 g/mol. The minimum Gasteiger partial charge on any atom is -0.497 e. The molecule has 0 radical (unpaired) electrons. The van der Waals surface area contributed by atoms with Gasteiger partial charge in [0, 0.05) is 39.1 Å². The summed E-state index contributed by atoms with van der Waals surface area (Å²) < 4.78 is 8.39. The maximum atomic E-state index is 12.9. The van der Waals surface area contributed by atoms with Crippen LogP contribution in [0, 0.1) is 0 Å². The molecule has 0 atom stereocenters. The molecule has 0 spiro atoms. The van der Waals surface area contributed by atoms with Gasteiger partial charge in [0.25, 0.3) is 11.8 Å². The number of carbonyl (C=O) groups is 2. The average Bonchev–Trinajstić information content (AvgIpc) is 3.36. The number of amides is 2. The maximum absolute atomic E-state index is 12.9. The van der Waals surface area contributed by atoms with Crippen molar-refractivity contribution in [3.8, 4) is 17.0 Å². The number of imidazole rings is 1. The van der Waals surface area contributed by atoms with E-state index in [-0.39, 0.29) is 17.2 Å². The Labute approximate surface area is 178 Å². The van der Waals surface area contributed by atoms with E-state index in [9.17, 15) is 9.59 Å². The zero-order chi connectivity index (χ0) is 22.1. The zero-order valence-corrected chi connectivity index (χ0v) is 17.5. The molecule has 2 amide bonds. The molecule has 4 aromatic rings. The minimum atomic E-state index is -0.485. The quantitative estimate of drug-likeness (QED) is 0.531. The summed E-state index contributed by atoms with van der Waals surface area (Å²) in [7, 11) is 6.45. The fourth-order valence-electron chi connectivity index (χ4n) is 3.14. The number of rotatable bonds is 5. The first-order valence-corrected chi connectivity index (χ1v) is 9.42. The number of nitrogens with zero attached hydrogens (tertiary/aromatic N) is 6. The molecule has 3 heterocycles. The van der Waals surface area contributed by atoms with E-state index in [1.54, 1.807) is 44.9 Å². The van der Waals surface area contributed by atoms with Crippen molar-refractivity contribution in [1.82, 2.24) is 29.0 Å². The highest BCUT2D eigenvalue weighted by molar-refractivity contribution is 6.10. The molecule has 1 aromatic carbocycles. The Morgan fingerprint density at radius 1 is 1.16 bits per heavy atom. The lowest BCUT2D eigenvalue weighted by molar-refractivity contribution is 0.0821. The van der Waals surface area contributed by atoms with Gasteiger partial charge in [0.1, 0.15) is 17.3 Å². The highest BCUT2D eigenvalue weighted by Crippen LogP contribution is 2.23. The normalized spacial score (nSPS) is 10.8. The van der Waals surface area contributed by atoms with E-state index >= 15 is 0 Å². The Kier molecular flexibility index (Phi) is 5.12. The van der Waals surface area contributed by atoms with Gasteiger partial charge < -0.3 is 15.0 Å². The molecule has 0 aliphatic rings. The van der Waals surface area contributed by atoms with Crippen LogP contribution in [0.3, 0.4) is 0 Å². The summed E-state index contributed by atoms with van der Waals surface area (Å²) in [6.45, 7) is 0. The Bertz CT molecular complexity index is 1290. The number of ether oxygens (including phenoxy) is 1. The number of aryl methyl sites for hydroxylation is 1. The third-order valence-electron chi connectivity index (χ3n) is 4.72. The van der Waals surface area contributed by atoms with E-state index in [0.717, 1.165) is 17.0 Å². The number of aromatic nitrogens is 5. The Hall–Kier alpha value is -4.21. The summed E-state index contributed by atoms with van der Waals surface area (Å²) in [5.74, 6) is 0.671. The van der Waals surface area contributed by atoms with Crippen molar-refractivity contribution in [1.29, 1.82) is 0 Å². The summed E-state index contributed by atoms with van der Waals surface area (Å²) >= 11 is 0. The van der Waals surface area contributed by atoms with E-state index in [1.807, 2.05) is 30.5 Å². The van der Waals surface area contributed by atoms with Crippen LogP contribution < -0.4 is 10.1 Å². The van der Waals surface area contributed by atoms with E-state index < -0.39 is 5.91 Å². The van der Waals surface area contributed by atoms with Crippen LogP contribution in [0.4, 0.5) is 5.82 Å². The van der Waals surface area contributed by atoms with Gasteiger partial charge in [0.15, 0.2) is 0 Å². The van der Waals surface area contributed by atoms with Gasteiger partial charge >= 0.3 is 0 Å². The Morgan fingerprint density at radius 3 is 2.71 bits per heavy atom. The second kappa shape index (κ2) is 7.90. The van der Waals surface area contributed by atoms with Gasteiger partial charge in [0.05, 0.1) is 24.6 Å². The smallest absolute Gasteiger partial charge is 0.275 e. The van der Waals surface area contributed by atoms with Crippen LogP contribution in [0.25, 0.3) is 17.0 Å². The van der Waals surface area contributed by atoms with Crippen LogP contribution in [0.5, 0.6) is 5.75 Å². The second-order valence-corrected chi connectivity index (χ2v) is 7.06. The lowest BCUT2D eigenvalue weighted by Crippen LogP contribution is -2.26. The highest BCUT2D eigenvalue weighted by atomic mass is 16.5. The van der Waals surface area contributed by atoms with Crippen molar-refractivity contribution >= 4 is 23.4 Å². The number of carbonyl (C=O) groups excluding carboxylic acids is 2. The molecule has 0 unspecified atom stereocenters. The number of fused-ring (bicyclic) bond motifs is 1. The number of hydrogen-bond acceptors (Lipinski definition) is 6. The molecule has 158 valence electrons. The largest absolute Gasteiger partial charge is 0.497 e. The first-order chi connectivity index (χ1) is 14.9. The molecule has 4 rings (SSSR count). The lowest BCUT2D eigenvalue weighted by Gasteiger charge is -2.11. The van der Waals surface area contributed by atoms with Crippen LogP contribution >= 0.6 is 0 Å². The van der Waals surface area contributed by atoms with Crippen molar-refractivity contribution in [3.63, 3.8) is 0 Å². The van der Waals surface area contributed by atoms with Gasteiger partial charge in [-0.2, -0.15) is 10.1 Å². The van der Waals surface area contributed by atoms with Gasteiger partial charge in [-0.3, -0.25) is 18.7 Å². The number of nitrogens with one attached hydrogen (secondary N) is 1. The topological polar surface area (TPSA) is 107 Å². The summed E-state index contributed by atoms with van der Waals surface area (Å²) in [5, 5.41) is 6.77. The maximum Gasteiger partial charge on any atom is 0.275 e. The van der Waals surface area contributed by atoms with Crippen molar-refractivity contribution in [2.24, 2.45) is 7.05 Å². The standard InChI is InChI=1S/C21H21N7O3/c1-26(2)20(30)15-11-22-27(3)18(15)19(29)24-17-8-9-28-12-16(23-21(28)25-17)13-6-5-7-14(10-13)31-4/h5-12H,1-4H3,(H,23,24,25,29). The molecule has 10 heteroatoms. The minimum absolute atomic E-state index is 0.154. The van der Waals surface area contributed by atoms with Crippen molar-refractivity contribution < 1.29 is 14.3 Å². The first-order valence-electron chi connectivity index (χ1n) is 9.42. The highest BCUT2D eigenvalue weighted by Gasteiger charge is 2.23. The molecule has 0 saturated heterocycles. The molecular formula is C21H21N7O3. The van der Waals surface area contributed by atoms with Crippen LogP contribution in [-0.2, 0) is 7.05 Å². The second-order valence-electron chi connectivity index (χ2n) is 7.06. The number of methoxy groups -OCH3 is 1. The van der Waals surface area contributed by atoms with E-state index in [2.05, 4.69) is 20.4 Å². The SMILES string of the molecule is COc1cccc(-c2cn3ccc(NC(=O)c4c(C(=O)N(C)C)cnn4C)nc3n2)c1. The number of hydrogen-bond donors (Lipinski definition) is 1. The lowest BCUT2D eigenvalue weighted by atomic mass is 10.1. The van der Waals surface area contributed by atoms with Crippen LogP contribution in [0.2, 0.25) is 0 Å². The summed E-state index contributed by atoms with van der Waals surface area (Å²) in [4.78, 5) is 35.6. The molecule has 0 fully saturated rings. The fourth-order valence-corrected chi connectivity index (χ4v) is 3.14. The van der Waals surface area contributed by atoms with E-state index in [4.69, 9.17) is 4.74 Å². The third kappa shape index (κ3) is 3.82. The predicted molar refractivity (Wildman–Crippen MR) is 114 cm³/mol. The Morgan fingerprint density at radius 2 is 1.97 bits per heavy atom. The fraction of sp³-hybridized carbons (Fsp3) is 0.190. The van der Waals surface area contributed by atoms with E-state index in [1.165, 1.54) is 15.8 Å². The molecule has 1 N–H and O–H groups in total. The van der Waals surface area contributed by atoms with Crippen LogP contribution in [0.15, 0.2) is 48.9 Å². The van der Waals surface area contributed by atoms with Crippen molar-refractivity contribution in [2.75, 3.05) is 26.5 Å². The van der Waals surface area contributed by atoms with Gasteiger partial charge in [-0.05, 0) is 18.2 Å². The molecule has 3 aromatic heterocycles. The molecule has 0 bridgehead atoms. The molecule has 10 nitrogen and oxygen atoms in total. The van der Waals surface area contributed by atoms with Crippen molar-refractivity contribution in [2.45, 2.75) is 0 Å². The molecule has 0 aliphatic heterocycles. The molecule has 31 heavy (non-hydrogen) atoms. The zero-order valence-electron chi connectivity index (χ0n) is 17.5. The summed E-state index contributed by atoms with van der Waals surface area (Å²) in [6.07, 6.45) is 4.98. The monoisotopic (exact) mass is 419 g/mol. The first kappa shape index (κ1) is 20.1. The third-order valence-corrected chi connectivity index (χ3v) is 4.72. The van der Waals surface area contributed by atoms with E-state index in [0.29, 0.717) is 11.6 Å². The summed E-state index contributed by atoms with van der Waals surface area (Å²) in [6, 6.07) is 9.22. The Balaban J connectivity index is 1.62. The number of benzene rings is 1. The van der Waals surface area contributed by atoms with Gasteiger partial charge in [0.2, 0.25) is 5.78 Å².